The van der Waals surface area contributed by atoms with Crippen molar-refractivity contribution in [3.05, 3.63) is 65.5 Å². The van der Waals surface area contributed by atoms with Crippen LogP contribution in [0, 0.1) is 6.92 Å². The highest BCUT2D eigenvalue weighted by atomic mass is 16.5. The van der Waals surface area contributed by atoms with Gasteiger partial charge in [-0.3, -0.25) is 14.3 Å². The van der Waals surface area contributed by atoms with E-state index in [0.717, 1.165) is 6.42 Å². The lowest BCUT2D eigenvalue weighted by atomic mass is 10.1. The molecule has 2 aromatic heterocycles. The molecule has 3 heterocycles. The molecule has 3 aromatic rings. The summed E-state index contributed by atoms with van der Waals surface area (Å²) in [6.45, 7) is 2.96. The molecular weight excluding hydrogens is 396 g/mol. The predicted octanol–water partition coefficient (Wildman–Crippen LogP) is 2.41. The Kier molecular flexibility index (Phi) is 5.66. The zero-order chi connectivity index (χ0) is 22.0. The number of aromatic nitrogens is 4. The van der Waals surface area contributed by atoms with Crippen molar-refractivity contribution in [2.45, 2.75) is 19.3 Å². The van der Waals surface area contributed by atoms with Crippen LogP contribution in [0.15, 0.2) is 42.7 Å². The van der Waals surface area contributed by atoms with Gasteiger partial charge in [-0.05, 0) is 31.5 Å². The first-order valence-corrected chi connectivity index (χ1v) is 10.0. The first kappa shape index (κ1) is 20.5. The van der Waals surface area contributed by atoms with Crippen LogP contribution in [0.2, 0.25) is 0 Å². The maximum atomic E-state index is 12.7. The van der Waals surface area contributed by atoms with Gasteiger partial charge in [-0.15, -0.1) is 0 Å². The summed E-state index contributed by atoms with van der Waals surface area (Å²) in [5.74, 6) is 0.907. The molecule has 0 spiro atoms. The lowest BCUT2D eigenvalue weighted by Gasteiger charge is -2.16. The van der Waals surface area contributed by atoms with Gasteiger partial charge in [0.1, 0.15) is 17.3 Å². The van der Waals surface area contributed by atoms with Crippen LogP contribution in [0.1, 0.15) is 44.7 Å². The van der Waals surface area contributed by atoms with Crippen LogP contribution in [0.4, 0.5) is 5.69 Å². The zero-order valence-corrected chi connectivity index (χ0v) is 17.7. The van der Waals surface area contributed by atoms with Crippen LogP contribution in [-0.4, -0.2) is 56.7 Å². The maximum Gasteiger partial charge on any atom is 0.272 e. The molecule has 160 valence electrons. The number of hydrogen-bond acceptors (Lipinski definition) is 6. The van der Waals surface area contributed by atoms with E-state index in [1.165, 1.54) is 0 Å². The predicted molar refractivity (Wildman–Crippen MR) is 114 cm³/mol. The molecule has 9 nitrogen and oxygen atoms in total. The van der Waals surface area contributed by atoms with Gasteiger partial charge in [0, 0.05) is 38.4 Å². The minimum absolute atomic E-state index is 0.0298. The summed E-state index contributed by atoms with van der Waals surface area (Å²) in [5, 5.41) is 6.91. The van der Waals surface area contributed by atoms with Crippen molar-refractivity contribution in [2.24, 2.45) is 7.05 Å². The van der Waals surface area contributed by atoms with E-state index >= 15 is 0 Å². The van der Waals surface area contributed by atoms with Crippen LogP contribution in [0.25, 0.3) is 0 Å². The molecule has 0 bridgehead atoms. The highest BCUT2D eigenvalue weighted by Gasteiger charge is 2.31. The molecule has 1 atom stereocenters. The number of rotatable bonds is 5. The summed E-state index contributed by atoms with van der Waals surface area (Å²) in [5.41, 5.74) is 2.13. The van der Waals surface area contributed by atoms with Crippen LogP contribution >= 0.6 is 0 Å². The monoisotopic (exact) mass is 420 g/mol. The van der Waals surface area contributed by atoms with Gasteiger partial charge in [0.25, 0.3) is 11.8 Å². The minimum Gasteiger partial charge on any atom is -0.495 e. The number of nitrogens with zero attached hydrogens (tertiary/aromatic N) is 5. The third-order valence-electron chi connectivity index (χ3n) is 5.48. The van der Waals surface area contributed by atoms with Gasteiger partial charge >= 0.3 is 0 Å². The average molecular weight is 420 g/mol. The Labute approximate surface area is 180 Å². The minimum atomic E-state index is -0.298. The van der Waals surface area contributed by atoms with Crippen molar-refractivity contribution in [1.29, 1.82) is 0 Å². The Balaban J connectivity index is 1.46. The molecule has 0 unspecified atom stereocenters. The fourth-order valence-corrected chi connectivity index (χ4v) is 3.74. The van der Waals surface area contributed by atoms with Crippen LogP contribution in [0.5, 0.6) is 5.75 Å². The fourth-order valence-electron chi connectivity index (χ4n) is 3.74. The lowest BCUT2D eigenvalue weighted by molar-refractivity contribution is 0.0779. The summed E-state index contributed by atoms with van der Waals surface area (Å²) in [6, 6.07) is 8.92. The Morgan fingerprint density at radius 2 is 2.03 bits per heavy atom. The van der Waals surface area contributed by atoms with E-state index in [2.05, 4.69) is 20.4 Å². The average Bonchev–Trinajstić information content (AvgIpc) is 3.43. The number of benzene rings is 1. The number of carbonyl (C=O) groups excluding carboxylic acids is 2. The third kappa shape index (κ3) is 4.11. The van der Waals surface area contributed by atoms with E-state index in [0.29, 0.717) is 47.3 Å². The van der Waals surface area contributed by atoms with Crippen molar-refractivity contribution in [1.82, 2.24) is 24.6 Å². The topological polar surface area (TPSA) is 102 Å². The van der Waals surface area contributed by atoms with Crippen molar-refractivity contribution in [3.8, 4) is 5.75 Å². The molecule has 0 radical (unpaired) electrons. The quantitative estimate of drug-likeness (QED) is 0.680. The number of para-hydroxylation sites is 2. The van der Waals surface area contributed by atoms with Crippen LogP contribution < -0.4 is 10.1 Å². The molecule has 1 fully saturated rings. The molecule has 1 N–H and O–H groups in total. The highest BCUT2D eigenvalue weighted by molar-refractivity contribution is 6.05. The summed E-state index contributed by atoms with van der Waals surface area (Å²) in [6.07, 6.45) is 3.94. The Morgan fingerprint density at radius 1 is 1.23 bits per heavy atom. The SMILES string of the molecule is COc1ccccc1NC(=O)c1cnc([C@@H]2CCN(C(=O)c3ccnn3C)C2)nc1C. The molecule has 0 saturated carbocycles. The Morgan fingerprint density at radius 3 is 2.74 bits per heavy atom. The van der Waals surface area contributed by atoms with Crippen molar-refractivity contribution >= 4 is 17.5 Å². The second-order valence-corrected chi connectivity index (χ2v) is 7.46. The second-order valence-electron chi connectivity index (χ2n) is 7.46. The molecule has 1 saturated heterocycles. The van der Waals surface area contributed by atoms with Crippen molar-refractivity contribution in [3.63, 3.8) is 0 Å². The molecular formula is C22H24N6O3. The van der Waals surface area contributed by atoms with Gasteiger partial charge in [-0.2, -0.15) is 5.10 Å². The summed E-state index contributed by atoms with van der Waals surface area (Å²) >= 11 is 0. The number of methoxy groups -OCH3 is 1. The molecule has 1 aliphatic heterocycles. The number of aryl methyl sites for hydroxylation is 2. The zero-order valence-electron chi connectivity index (χ0n) is 17.7. The molecule has 9 heteroatoms. The molecule has 0 aliphatic carbocycles. The standard InChI is InChI=1S/C22H24N6O3/c1-14-16(21(29)26-17-6-4-5-7-19(17)31-3)12-23-20(25-14)15-9-11-28(13-15)22(30)18-8-10-24-27(18)2/h4-8,10,12,15H,9,11,13H2,1-3H3,(H,26,29)/t15-/m1/s1. The largest absolute Gasteiger partial charge is 0.495 e. The number of hydrogen-bond donors (Lipinski definition) is 1. The van der Waals surface area contributed by atoms with Gasteiger partial charge in [-0.25, -0.2) is 9.97 Å². The van der Waals surface area contributed by atoms with E-state index in [1.807, 2.05) is 12.1 Å². The number of ether oxygens (including phenoxy) is 1. The highest BCUT2D eigenvalue weighted by Crippen LogP contribution is 2.27. The van der Waals surface area contributed by atoms with Gasteiger partial charge in [0.15, 0.2) is 0 Å². The van der Waals surface area contributed by atoms with E-state index in [1.54, 1.807) is 61.3 Å². The van der Waals surface area contributed by atoms with E-state index in [4.69, 9.17) is 4.74 Å². The third-order valence-corrected chi connectivity index (χ3v) is 5.48. The van der Waals surface area contributed by atoms with Gasteiger partial charge in [0.2, 0.25) is 0 Å². The van der Waals surface area contributed by atoms with Gasteiger partial charge in [0.05, 0.1) is 24.1 Å². The lowest BCUT2D eigenvalue weighted by Crippen LogP contribution is -2.30. The number of likely N-dealkylation sites (tertiary alicyclic amines) is 1. The number of carbonyl (C=O) groups is 2. The van der Waals surface area contributed by atoms with Crippen molar-refractivity contribution in [2.75, 3.05) is 25.5 Å². The summed E-state index contributed by atoms with van der Waals surface area (Å²) < 4.78 is 6.85. The summed E-state index contributed by atoms with van der Waals surface area (Å²) in [7, 11) is 3.31. The molecule has 4 rings (SSSR count). The number of nitrogens with one attached hydrogen (secondary N) is 1. The van der Waals surface area contributed by atoms with Crippen LogP contribution in [0.3, 0.4) is 0 Å². The Hall–Kier alpha value is -3.75. The number of amides is 2. The van der Waals surface area contributed by atoms with Crippen molar-refractivity contribution < 1.29 is 14.3 Å². The van der Waals surface area contributed by atoms with Crippen LogP contribution in [-0.2, 0) is 7.05 Å². The fraction of sp³-hybridized carbons (Fsp3) is 0.318. The van der Waals surface area contributed by atoms with Gasteiger partial charge < -0.3 is 15.0 Å². The van der Waals surface area contributed by atoms with Gasteiger partial charge in [-0.1, -0.05) is 12.1 Å². The summed E-state index contributed by atoms with van der Waals surface area (Å²) in [4.78, 5) is 36.2. The smallest absolute Gasteiger partial charge is 0.272 e. The number of anilines is 1. The molecule has 2 amide bonds. The normalized spacial score (nSPS) is 15.7. The van der Waals surface area contributed by atoms with E-state index < -0.39 is 0 Å². The second kappa shape index (κ2) is 8.55. The first-order chi connectivity index (χ1) is 15.0. The maximum absolute atomic E-state index is 12.7. The molecule has 1 aromatic carbocycles. The van der Waals surface area contributed by atoms with E-state index in [9.17, 15) is 9.59 Å². The van der Waals surface area contributed by atoms with E-state index in [-0.39, 0.29) is 17.7 Å². The first-order valence-electron chi connectivity index (χ1n) is 10.0. The molecule has 31 heavy (non-hydrogen) atoms. The Bertz CT molecular complexity index is 1130. The molecule has 1 aliphatic rings.